The van der Waals surface area contributed by atoms with Crippen LogP contribution in [0.4, 0.5) is 0 Å². The van der Waals surface area contributed by atoms with Crippen LogP contribution in [0.5, 0.6) is 0 Å². The zero-order chi connectivity index (χ0) is 5.70. The maximum absolute atomic E-state index is 5.82. The van der Waals surface area contributed by atoms with E-state index >= 15 is 0 Å². The Morgan fingerprint density at radius 2 is 1.55 bits per heavy atom. The first-order valence-electron chi connectivity index (χ1n) is 2.51. The van der Waals surface area contributed by atoms with Gasteiger partial charge in [-0.25, -0.2) is 0 Å². The molecule has 67 valence electrons. The fourth-order valence-electron chi connectivity index (χ4n) is 0.323. The molecular weight excluding hydrogens is 300 g/mol. The van der Waals surface area contributed by atoms with Gasteiger partial charge in [0.2, 0.25) is 0 Å². The van der Waals surface area contributed by atoms with Gasteiger partial charge in [-0.05, 0) is 0 Å². The van der Waals surface area contributed by atoms with E-state index in [4.69, 9.17) is 21.7 Å². The second-order valence-electron chi connectivity index (χ2n) is 1.48. The first kappa shape index (κ1) is 29.2. The summed E-state index contributed by atoms with van der Waals surface area (Å²) in [5, 5.41) is 2.23. The Labute approximate surface area is 116 Å². The smallest absolute Gasteiger partial charge is 1.00 e. The van der Waals surface area contributed by atoms with E-state index in [2.05, 4.69) is 6.92 Å². The second kappa shape index (κ2) is 23.0. The Morgan fingerprint density at radius 3 is 1.64 bits per heavy atom. The van der Waals surface area contributed by atoms with Crippen LogP contribution in [0.25, 0.3) is 0 Å². The fourth-order valence-corrected chi connectivity index (χ4v) is 2.42. The van der Waals surface area contributed by atoms with Crippen molar-refractivity contribution in [2.45, 2.75) is 17.5 Å². The Morgan fingerprint density at radius 1 is 1.18 bits per heavy atom. The van der Waals surface area contributed by atoms with Crippen molar-refractivity contribution in [3.8, 4) is 0 Å². The third-order valence-corrected chi connectivity index (χ3v) is 4.83. The van der Waals surface area contributed by atoms with Gasteiger partial charge in [0.1, 0.15) is 0 Å². The van der Waals surface area contributed by atoms with Gasteiger partial charge in [-0.1, -0.05) is 17.5 Å². The number of rotatable bonds is 3. The molecule has 0 saturated carbocycles. The van der Waals surface area contributed by atoms with Gasteiger partial charge in [-0.15, -0.1) is 11.6 Å². The Hall–Kier alpha value is 2.70. The molecule has 0 aliphatic rings. The van der Waals surface area contributed by atoms with E-state index in [9.17, 15) is 0 Å². The van der Waals surface area contributed by atoms with Gasteiger partial charge >= 0.3 is 34.9 Å². The molecule has 0 unspecified atom stereocenters. The predicted octanol–water partition coefficient (Wildman–Crippen LogP) is -6.52. The molecule has 0 aliphatic heterocycles. The quantitative estimate of drug-likeness (QED) is 0.359. The maximum atomic E-state index is 5.82. The van der Waals surface area contributed by atoms with Crippen molar-refractivity contribution in [3.05, 3.63) is 0 Å². The summed E-state index contributed by atoms with van der Waals surface area (Å²) in [6.45, 7) is 2.12. The summed E-state index contributed by atoms with van der Waals surface area (Å²) < 4.78 is 0. The van der Waals surface area contributed by atoms with Gasteiger partial charge < -0.3 is 37.2 Å². The Bertz CT molecular complexity index is 49.5. The molecule has 0 atom stereocenters. The van der Waals surface area contributed by atoms with Crippen molar-refractivity contribution in [2.75, 3.05) is 5.88 Å². The minimum absolute atomic E-state index is 0. The van der Waals surface area contributed by atoms with Gasteiger partial charge in [0.25, 0.3) is 0 Å². The van der Waals surface area contributed by atoms with E-state index in [1.54, 1.807) is 0 Å². The summed E-state index contributed by atoms with van der Waals surface area (Å²) in [7, 11) is 5.82. The summed E-state index contributed by atoms with van der Waals surface area (Å²) in [6, 6.07) is 0. The minimum Gasteiger partial charge on any atom is -1.00 e. The topological polar surface area (TPSA) is 0 Å². The zero-order valence-electron chi connectivity index (χ0n) is 6.09. The fraction of sp³-hybridized carbons (Fsp3) is 1.00. The van der Waals surface area contributed by atoms with E-state index in [0.29, 0.717) is 0 Å². The van der Waals surface area contributed by atoms with Gasteiger partial charge in [-0.2, -0.15) is 0 Å². The number of hydrogen-bond donors (Lipinski definition) is 0. The molecule has 0 spiro atoms. The van der Waals surface area contributed by atoms with Gasteiger partial charge in [0.15, 0.2) is 0 Å². The summed E-state index contributed by atoms with van der Waals surface area (Å²) >= 11 is 4.58. The molecule has 0 aliphatic carbocycles. The van der Waals surface area contributed by atoms with E-state index in [1.807, 2.05) is 0 Å². The normalized spacial score (nSPS) is 5.73. The largest absolute Gasteiger partial charge is 3.00 e. The van der Waals surface area contributed by atoms with Gasteiger partial charge in [0, 0.05) is 5.88 Å². The molecule has 0 fully saturated rings. The van der Waals surface area contributed by atoms with Crippen LogP contribution >= 0.6 is 21.7 Å². The van der Waals surface area contributed by atoms with Gasteiger partial charge in [0.05, 0.1) is 0 Å². The summed E-state index contributed by atoms with van der Waals surface area (Å²) in [6.07, 6.45) is 0. The first-order chi connectivity index (χ1) is 3.31. The molecule has 0 aromatic heterocycles. The average Bonchev–Trinajstić information content (AvgIpc) is 1.68. The van der Waals surface area contributed by atoms with Crippen LogP contribution in [0.1, 0.15) is 6.92 Å². The monoisotopic (exact) mass is 307 g/mol. The van der Waals surface area contributed by atoms with Crippen LogP contribution in [0.2, 0.25) is 10.6 Å². The van der Waals surface area contributed by atoms with Crippen LogP contribution in [-0.4, -0.2) is 19.1 Å². The maximum Gasteiger partial charge on any atom is 3.00 e. The Balaban J connectivity index is -0.0000000300. The molecule has 1 radical (unpaired) electrons. The number of hydrogen-bond acceptors (Lipinski definition) is 0. The summed E-state index contributed by atoms with van der Waals surface area (Å²) in [4.78, 5) is 0. The third-order valence-electron chi connectivity index (χ3n) is 0.865. The minimum atomic E-state index is -0.841. The van der Waals surface area contributed by atoms with Crippen molar-refractivity contribution >= 4 is 34.9 Å². The average molecular weight is 309 g/mol. The molecule has 0 heterocycles. The predicted molar refractivity (Wildman–Crippen MR) is 37.6 cm³/mol. The van der Waals surface area contributed by atoms with Crippen molar-refractivity contribution in [2.24, 2.45) is 0 Å². The molecule has 0 aromatic rings. The summed E-state index contributed by atoms with van der Waals surface area (Å²) in [5.74, 6) is 0.744. The van der Waals surface area contributed by atoms with E-state index in [0.717, 1.165) is 16.4 Å². The van der Waals surface area contributed by atoms with Crippen molar-refractivity contribution in [3.63, 3.8) is 0 Å². The SMILES string of the molecule is C[CH2][Al]([Cl])[CH2]CCl.[Cl-].[Cl-].[Cl-].[Ti+3]. The zero-order valence-corrected chi connectivity index (χ0v) is 12.6. The second-order valence-corrected chi connectivity index (χ2v) is 6.30. The molecule has 0 N–H and O–H groups in total. The molecular formula is C4H9AlCl5Ti. The van der Waals surface area contributed by atoms with Crippen LogP contribution in [0, 0.1) is 0 Å². The van der Waals surface area contributed by atoms with E-state index in [-0.39, 0.29) is 58.9 Å². The molecule has 0 rings (SSSR count). The molecule has 0 nitrogen and oxygen atoms in total. The molecule has 7 heteroatoms. The molecule has 0 aromatic carbocycles. The third kappa shape index (κ3) is 24.5. The van der Waals surface area contributed by atoms with Gasteiger partial charge in [-0.3, -0.25) is 10.0 Å². The number of halogens is 5. The van der Waals surface area contributed by atoms with Crippen LogP contribution in [0.15, 0.2) is 0 Å². The van der Waals surface area contributed by atoms with Crippen molar-refractivity contribution < 1.29 is 58.9 Å². The molecule has 0 saturated heterocycles. The molecule has 0 bridgehead atoms. The van der Waals surface area contributed by atoms with E-state index in [1.165, 1.54) is 0 Å². The van der Waals surface area contributed by atoms with Crippen LogP contribution in [-0.2, 0) is 21.7 Å². The molecule has 11 heavy (non-hydrogen) atoms. The van der Waals surface area contributed by atoms with Crippen LogP contribution in [0.3, 0.4) is 0 Å². The first-order valence-corrected chi connectivity index (χ1v) is 6.42. The van der Waals surface area contributed by atoms with Crippen LogP contribution < -0.4 is 37.2 Å². The summed E-state index contributed by atoms with van der Waals surface area (Å²) in [5.41, 5.74) is 0. The standard InChI is InChI=1S/C2H4Cl.C2H5.Al.4ClH.Ti/c1-2-3;1-2;;;;;;/h1-2H2;1H2,2H3;;4*1H;/q;;+1;;;;;+3/p-4. The van der Waals surface area contributed by atoms with E-state index < -0.39 is 13.2 Å². The molecule has 0 amide bonds. The van der Waals surface area contributed by atoms with Crippen molar-refractivity contribution in [1.82, 2.24) is 0 Å². The number of alkyl halides is 1. The Kier molecular flexibility index (Phi) is 61.0. The van der Waals surface area contributed by atoms with Crippen molar-refractivity contribution in [1.29, 1.82) is 0 Å².